The molecule has 32 heavy (non-hydrogen) atoms. The maximum atomic E-state index is 12.8. The summed E-state index contributed by atoms with van der Waals surface area (Å²) in [6, 6.07) is 0. The van der Waals surface area contributed by atoms with Crippen molar-refractivity contribution in [3.8, 4) is 0 Å². The Morgan fingerprint density at radius 1 is 1.00 bits per heavy atom. The maximum Gasteiger partial charge on any atom is 0.159 e. The average molecular weight is 429 g/mol. The van der Waals surface area contributed by atoms with Crippen molar-refractivity contribution in [2.75, 3.05) is 0 Å². The summed E-state index contributed by atoms with van der Waals surface area (Å²) in [5.41, 5.74) is 8.22. The van der Waals surface area contributed by atoms with Gasteiger partial charge in [-0.3, -0.25) is 4.79 Å². The number of carbonyl (C=O) groups is 1. The van der Waals surface area contributed by atoms with Crippen molar-refractivity contribution >= 4 is 5.78 Å². The minimum absolute atomic E-state index is 0.262. The van der Waals surface area contributed by atoms with Crippen LogP contribution in [0.15, 0.2) is 70.4 Å². The molecule has 0 aliphatic heterocycles. The number of hydrogen-bond acceptors (Lipinski definition) is 1. The number of hydrogen-bond donors (Lipinski definition) is 0. The zero-order valence-corrected chi connectivity index (χ0v) is 20.4. The van der Waals surface area contributed by atoms with E-state index in [9.17, 15) is 4.79 Å². The van der Waals surface area contributed by atoms with E-state index in [1.807, 2.05) is 5.57 Å². The van der Waals surface area contributed by atoms with E-state index >= 15 is 0 Å². The molecule has 5 aliphatic rings. The zero-order valence-electron chi connectivity index (χ0n) is 20.4. The number of ketones is 1. The highest BCUT2D eigenvalue weighted by atomic mass is 16.1. The lowest BCUT2D eigenvalue weighted by Gasteiger charge is -2.41. The number of carbonyl (C=O) groups excluding carboxylic acids is 1. The molecular formula is C31H40O. The lowest BCUT2D eigenvalue weighted by molar-refractivity contribution is -0.115. The van der Waals surface area contributed by atoms with Gasteiger partial charge in [-0.25, -0.2) is 0 Å². The normalized spacial score (nSPS) is 33.3. The highest BCUT2D eigenvalue weighted by Crippen LogP contribution is 2.62. The first-order valence-corrected chi connectivity index (χ1v) is 13.1. The second kappa shape index (κ2) is 8.47. The van der Waals surface area contributed by atoms with Gasteiger partial charge in [0.15, 0.2) is 5.78 Å². The van der Waals surface area contributed by atoms with Gasteiger partial charge in [0.2, 0.25) is 0 Å². The Hall–Kier alpha value is -1.89. The monoisotopic (exact) mass is 428 g/mol. The van der Waals surface area contributed by atoms with Crippen LogP contribution in [0.5, 0.6) is 0 Å². The second-order valence-electron chi connectivity index (χ2n) is 11.7. The van der Waals surface area contributed by atoms with Gasteiger partial charge in [0.05, 0.1) is 0 Å². The molecule has 0 radical (unpaired) electrons. The number of Topliss-reactive ketones (excluding diaryl/α,β-unsaturated/α-hetero) is 1. The highest BCUT2D eigenvalue weighted by molar-refractivity contribution is 5.96. The van der Waals surface area contributed by atoms with E-state index in [2.05, 4.69) is 63.3 Å². The first kappa shape index (κ1) is 21.9. The van der Waals surface area contributed by atoms with Crippen LogP contribution in [0, 0.1) is 22.7 Å². The molecule has 5 rings (SSSR count). The molecule has 0 spiro atoms. The molecule has 0 heterocycles. The molecule has 0 bridgehead atoms. The predicted molar refractivity (Wildman–Crippen MR) is 134 cm³/mol. The Kier molecular flexibility index (Phi) is 5.81. The fourth-order valence-electron chi connectivity index (χ4n) is 7.31. The third-order valence-corrected chi connectivity index (χ3v) is 9.44. The minimum Gasteiger partial charge on any atom is -0.295 e. The maximum absolute atomic E-state index is 12.8. The van der Waals surface area contributed by atoms with E-state index in [1.54, 1.807) is 11.1 Å². The van der Waals surface area contributed by atoms with E-state index in [0.29, 0.717) is 23.5 Å². The SMILES string of the molecule is CC1(C)C2=C(CC[C@@](C)(C3=CC=C(C(=O)CCC4=CC=CCC4)CC3)C2)[C@@H]2CCC=CC21. The summed E-state index contributed by atoms with van der Waals surface area (Å²) in [5.74, 6) is 1.87. The molecule has 0 saturated carbocycles. The van der Waals surface area contributed by atoms with Crippen LogP contribution in [0.2, 0.25) is 0 Å². The van der Waals surface area contributed by atoms with Gasteiger partial charge in [0.1, 0.15) is 0 Å². The van der Waals surface area contributed by atoms with Crippen LogP contribution in [0.3, 0.4) is 0 Å². The Morgan fingerprint density at radius 3 is 2.62 bits per heavy atom. The van der Waals surface area contributed by atoms with Crippen LogP contribution in [-0.2, 0) is 4.79 Å². The molecular weight excluding hydrogens is 388 g/mol. The summed E-state index contributed by atoms with van der Waals surface area (Å²) in [6.45, 7) is 7.50. The van der Waals surface area contributed by atoms with Gasteiger partial charge in [0.25, 0.3) is 0 Å². The fraction of sp³-hybridized carbons (Fsp3) is 0.581. The quantitative estimate of drug-likeness (QED) is 0.402. The van der Waals surface area contributed by atoms with Crippen LogP contribution in [0.25, 0.3) is 0 Å². The molecule has 0 N–H and O–H groups in total. The second-order valence-corrected chi connectivity index (χ2v) is 11.7. The van der Waals surface area contributed by atoms with Gasteiger partial charge in [-0.1, -0.05) is 85.6 Å². The van der Waals surface area contributed by atoms with E-state index in [-0.39, 0.29) is 5.41 Å². The van der Waals surface area contributed by atoms with Crippen molar-refractivity contribution in [2.24, 2.45) is 22.7 Å². The summed E-state index contributed by atoms with van der Waals surface area (Å²) in [6.07, 6.45) is 28.3. The highest BCUT2D eigenvalue weighted by Gasteiger charge is 2.51. The van der Waals surface area contributed by atoms with Gasteiger partial charge < -0.3 is 0 Å². The number of rotatable bonds is 5. The van der Waals surface area contributed by atoms with Gasteiger partial charge in [-0.2, -0.15) is 0 Å². The molecule has 0 aromatic heterocycles. The fourth-order valence-corrected chi connectivity index (χ4v) is 7.31. The largest absolute Gasteiger partial charge is 0.295 e. The van der Waals surface area contributed by atoms with Crippen molar-refractivity contribution in [1.29, 1.82) is 0 Å². The average Bonchev–Trinajstić information content (AvgIpc) is 3.05. The first-order chi connectivity index (χ1) is 15.4. The molecule has 1 unspecified atom stereocenters. The Balaban J connectivity index is 1.28. The van der Waals surface area contributed by atoms with E-state index < -0.39 is 0 Å². The topological polar surface area (TPSA) is 17.1 Å². The summed E-state index contributed by atoms with van der Waals surface area (Å²) in [5, 5.41) is 0. The van der Waals surface area contributed by atoms with Crippen molar-refractivity contribution in [3.05, 3.63) is 70.4 Å². The van der Waals surface area contributed by atoms with E-state index in [4.69, 9.17) is 0 Å². The first-order valence-electron chi connectivity index (χ1n) is 13.1. The lowest BCUT2D eigenvalue weighted by atomic mass is 9.63. The van der Waals surface area contributed by atoms with Gasteiger partial charge in [0, 0.05) is 6.42 Å². The number of fused-ring (bicyclic) bond motifs is 2. The molecule has 1 nitrogen and oxygen atoms in total. The molecule has 1 heteroatoms. The number of allylic oxidation sites excluding steroid dienone is 12. The van der Waals surface area contributed by atoms with Crippen LogP contribution in [0.1, 0.15) is 91.4 Å². The Bertz CT molecular complexity index is 976. The Morgan fingerprint density at radius 2 is 1.88 bits per heavy atom. The van der Waals surface area contributed by atoms with E-state index in [0.717, 1.165) is 43.6 Å². The third-order valence-electron chi connectivity index (χ3n) is 9.44. The molecule has 170 valence electrons. The van der Waals surface area contributed by atoms with Crippen LogP contribution >= 0.6 is 0 Å². The molecule has 0 aromatic rings. The lowest BCUT2D eigenvalue weighted by Crippen LogP contribution is -2.29. The molecule has 3 atom stereocenters. The van der Waals surface area contributed by atoms with Crippen molar-refractivity contribution in [1.82, 2.24) is 0 Å². The van der Waals surface area contributed by atoms with Gasteiger partial charge in [-0.05, 0) is 92.4 Å². The van der Waals surface area contributed by atoms with Gasteiger partial charge in [-0.15, -0.1) is 0 Å². The summed E-state index contributed by atoms with van der Waals surface area (Å²) in [4.78, 5) is 12.8. The summed E-state index contributed by atoms with van der Waals surface area (Å²) >= 11 is 0. The molecule has 0 aromatic carbocycles. The van der Waals surface area contributed by atoms with Crippen molar-refractivity contribution in [2.45, 2.75) is 91.4 Å². The molecule has 0 fully saturated rings. The molecule has 5 aliphatic carbocycles. The minimum atomic E-state index is 0.262. The van der Waals surface area contributed by atoms with Crippen LogP contribution < -0.4 is 0 Å². The summed E-state index contributed by atoms with van der Waals surface area (Å²) in [7, 11) is 0. The van der Waals surface area contributed by atoms with Crippen molar-refractivity contribution in [3.63, 3.8) is 0 Å². The Labute approximate surface area is 195 Å². The van der Waals surface area contributed by atoms with Crippen LogP contribution in [0.4, 0.5) is 0 Å². The summed E-state index contributed by atoms with van der Waals surface area (Å²) < 4.78 is 0. The van der Waals surface area contributed by atoms with E-state index in [1.165, 1.54) is 37.7 Å². The van der Waals surface area contributed by atoms with Crippen LogP contribution in [-0.4, -0.2) is 5.78 Å². The molecule has 0 amide bonds. The standard InChI is InChI=1S/C31H40O/c1-30(2)27-12-8-7-11-25(27)26-19-20-31(3,21-28(26)30)24-16-14-23(15-17-24)29(32)18-13-22-9-5-4-6-10-22/h4-5,8-9,12,14,16,25,27H,6-7,10-11,13,15,17-21H2,1-3H3/t25-,27?,31+/m0/s1. The third kappa shape index (κ3) is 3.87. The zero-order chi connectivity index (χ0) is 22.3. The molecule has 0 saturated heterocycles. The smallest absolute Gasteiger partial charge is 0.159 e. The predicted octanol–water partition coefficient (Wildman–Crippen LogP) is 8.37. The van der Waals surface area contributed by atoms with Gasteiger partial charge >= 0.3 is 0 Å². The van der Waals surface area contributed by atoms with Crippen molar-refractivity contribution < 1.29 is 4.79 Å².